The molecule has 1 unspecified atom stereocenters. The van der Waals surface area contributed by atoms with Crippen molar-refractivity contribution in [2.45, 2.75) is 39.7 Å². The van der Waals surface area contributed by atoms with Gasteiger partial charge in [0.15, 0.2) is 0 Å². The van der Waals surface area contributed by atoms with Gasteiger partial charge in [-0.05, 0) is 42.6 Å². The van der Waals surface area contributed by atoms with Crippen LogP contribution in [0.5, 0.6) is 0 Å². The fourth-order valence-electron chi connectivity index (χ4n) is 2.56. The van der Waals surface area contributed by atoms with Crippen molar-refractivity contribution in [1.29, 1.82) is 0 Å². The van der Waals surface area contributed by atoms with Crippen molar-refractivity contribution in [3.63, 3.8) is 0 Å². The first kappa shape index (κ1) is 14.7. The van der Waals surface area contributed by atoms with Crippen LogP contribution < -0.4 is 5.32 Å². The first-order valence-corrected chi connectivity index (χ1v) is 7.47. The number of nitrogens with zero attached hydrogens (tertiary/aromatic N) is 1. The highest BCUT2D eigenvalue weighted by molar-refractivity contribution is 5.31. The largest absolute Gasteiger partial charge is 0.310 e. The van der Waals surface area contributed by atoms with E-state index in [-0.39, 0.29) is 0 Å². The first-order chi connectivity index (χ1) is 9.74. The quantitative estimate of drug-likeness (QED) is 0.861. The minimum Gasteiger partial charge on any atom is -0.310 e. The summed E-state index contributed by atoms with van der Waals surface area (Å²) < 4.78 is 0. The molecule has 0 fully saturated rings. The summed E-state index contributed by atoms with van der Waals surface area (Å²) in [6.45, 7) is 7.41. The molecule has 1 aromatic heterocycles. The van der Waals surface area contributed by atoms with E-state index in [0.717, 1.165) is 25.1 Å². The molecule has 1 heterocycles. The van der Waals surface area contributed by atoms with Crippen molar-refractivity contribution in [3.05, 3.63) is 65.0 Å². The molecule has 0 radical (unpaired) electrons. The molecule has 2 heteroatoms. The second kappa shape index (κ2) is 7.20. The van der Waals surface area contributed by atoms with Gasteiger partial charge >= 0.3 is 0 Å². The molecule has 1 atom stereocenters. The van der Waals surface area contributed by atoms with Crippen molar-refractivity contribution in [2.75, 3.05) is 6.54 Å². The van der Waals surface area contributed by atoms with Crippen LogP contribution in [-0.2, 0) is 12.8 Å². The molecular formula is C18H24N2. The third kappa shape index (κ3) is 3.67. The van der Waals surface area contributed by atoms with Gasteiger partial charge in [-0.15, -0.1) is 0 Å². The first-order valence-electron chi connectivity index (χ1n) is 7.47. The molecule has 0 aliphatic heterocycles. The zero-order valence-corrected chi connectivity index (χ0v) is 12.7. The molecule has 1 aromatic carbocycles. The van der Waals surface area contributed by atoms with Crippen LogP contribution in [0.4, 0.5) is 0 Å². The Bertz CT molecular complexity index is 531. The standard InChI is InChI=1S/C18H24N2/c1-4-15-8-6-7-9-17(15)18(19-5-2)12-16-11-10-14(3)13-20-16/h6-11,13,18-19H,4-5,12H2,1-3H3. The van der Waals surface area contributed by atoms with Crippen LogP contribution >= 0.6 is 0 Å². The average Bonchev–Trinajstić information content (AvgIpc) is 2.49. The van der Waals surface area contributed by atoms with Crippen LogP contribution in [0.2, 0.25) is 0 Å². The van der Waals surface area contributed by atoms with E-state index >= 15 is 0 Å². The predicted molar refractivity (Wildman–Crippen MR) is 84.9 cm³/mol. The van der Waals surface area contributed by atoms with E-state index in [1.807, 2.05) is 6.20 Å². The van der Waals surface area contributed by atoms with Crippen molar-refractivity contribution >= 4 is 0 Å². The Balaban J connectivity index is 2.24. The molecule has 0 spiro atoms. The molecule has 106 valence electrons. The summed E-state index contributed by atoms with van der Waals surface area (Å²) in [5, 5.41) is 3.60. The van der Waals surface area contributed by atoms with Gasteiger partial charge in [-0.3, -0.25) is 4.98 Å². The van der Waals surface area contributed by atoms with Gasteiger partial charge in [0.1, 0.15) is 0 Å². The molecule has 0 aliphatic carbocycles. The maximum absolute atomic E-state index is 4.54. The molecule has 0 amide bonds. The van der Waals surface area contributed by atoms with E-state index in [1.54, 1.807) is 0 Å². The number of aryl methyl sites for hydroxylation is 2. The van der Waals surface area contributed by atoms with E-state index in [4.69, 9.17) is 0 Å². The third-order valence-electron chi connectivity index (χ3n) is 3.65. The Morgan fingerprint density at radius 1 is 1.10 bits per heavy atom. The van der Waals surface area contributed by atoms with Crippen LogP contribution in [0.3, 0.4) is 0 Å². The summed E-state index contributed by atoms with van der Waals surface area (Å²) in [4.78, 5) is 4.54. The topological polar surface area (TPSA) is 24.9 Å². The second-order valence-corrected chi connectivity index (χ2v) is 5.19. The Morgan fingerprint density at radius 3 is 2.55 bits per heavy atom. The van der Waals surface area contributed by atoms with Crippen molar-refractivity contribution in [3.8, 4) is 0 Å². The Hall–Kier alpha value is -1.67. The van der Waals surface area contributed by atoms with Crippen LogP contribution in [0.15, 0.2) is 42.6 Å². The summed E-state index contributed by atoms with van der Waals surface area (Å²) in [5.74, 6) is 0. The van der Waals surface area contributed by atoms with Crippen molar-refractivity contribution in [1.82, 2.24) is 10.3 Å². The van der Waals surface area contributed by atoms with E-state index in [2.05, 4.69) is 67.5 Å². The molecule has 2 nitrogen and oxygen atoms in total. The highest BCUT2D eigenvalue weighted by Gasteiger charge is 2.14. The summed E-state index contributed by atoms with van der Waals surface area (Å²) in [6.07, 6.45) is 3.95. The van der Waals surface area contributed by atoms with E-state index in [9.17, 15) is 0 Å². The minimum atomic E-state index is 0.339. The lowest BCUT2D eigenvalue weighted by molar-refractivity contribution is 0.540. The normalized spacial score (nSPS) is 12.3. The Labute approximate surface area is 122 Å². The minimum absolute atomic E-state index is 0.339. The van der Waals surface area contributed by atoms with Crippen LogP contribution in [-0.4, -0.2) is 11.5 Å². The summed E-state index contributed by atoms with van der Waals surface area (Å²) >= 11 is 0. The van der Waals surface area contributed by atoms with Crippen LogP contribution in [0, 0.1) is 6.92 Å². The summed E-state index contributed by atoms with van der Waals surface area (Å²) in [7, 11) is 0. The highest BCUT2D eigenvalue weighted by atomic mass is 14.9. The Kier molecular flexibility index (Phi) is 5.31. The van der Waals surface area contributed by atoms with Gasteiger partial charge in [0, 0.05) is 24.4 Å². The number of likely N-dealkylation sites (N-methyl/N-ethyl adjacent to an activating group) is 1. The highest BCUT2D eigenvalue weighted by Crippen LogP contribution is 2.22. The van der Waals surface area contributed by atoms with Crippen LogP contribution in [0.25, 0.3) is 0 Å². The van der Waals surface area contributed by atoms with E-state index < -0.39 is 0 Å². The average molecular weight is 268 g/mol. The van der Waals surface area contributed by atoms with Gasteiger partial charge in [-0.25, -0.2) is 0 Å². The molecule has 0 aliphatic rings. The smallest absolute Gasteiger partial charge is 0.0422 e. The van der Waals surface area contributed by atoms with Gasteiger partial charge in [0.2, 0.25) is 0 Å². The number of aromatic nitrogens is 1. The second-order valence-electron chi connectivity index (χ2n) is 5.19. The Morgan fingerprint density at radius 2 is 1.90 bits per heavy atom. The molecule has 0 bridgehead atoms. The maximum Gasteiger partial charge on any atom is 0.0422 e. The number of hydrogen-bond donors (Lipinski definition) is 1. The zero-order valence-electron chi connectivity index (χ0n) is 12.7. The van der Waals surface area contributed by atoms with E-state index in [0.29, 0.717) is 6.04 Å². The molecular weight excluding hydrogens is 244 g/mol. The molecule has 0 saturated carbocycles. The van der Waals surface area contributed by atoms with Crippen molar-refractivity contribution in [2.24, 2.45) is 0 Å². The van der Waals surface area contributed by atoms with Crippen molar-refractivity contribution < 1.29 is 0 Å². The molecule has 20 heavy (non-hydrogen) atoms. The van der Waals surface area contributed by atoms with Gasteiger partial charge in [0.05, 0.1) is 0 Å². The van der Waals surface area contributed by atoms with Gasteiger partial charge in [-0.1, -0.05) is 44.2 Å². The molecule has 1 N–H and O–H groups in total. The molecule has 2 rings (SSSR count). The van der Waals surface area contributed by atoms with E-state index in [1.165, 1.54) is 16.7 Å². The summed E-state index contributed by atoms with van der Waals surface area (Å²) in [5.41, 5.74) is 5.18. The SMILES string of the molecule is CCNC(Cc1ccc(C)cn1)c1ccccc1CC. The number of pyridine rings is 1. The van der Waals surface area contributed by atoms with Gasteiger partial charge < -0.3 is 5.32 Å². The summed E-state index contributed by atoms with van der Waals surface area (Å²) in [6, 6.07) is 13.3. The lowest BCUT2D eigenvalue weighted by Crippen LogP contribution is -2.24. The fourth-order valence-corrected chi connectivity index (χ4v) is 2.56. The van der Waals surface area contributed by atoms with Gasteiger partial charge in [0.25, 0.3) is 0 Å². The predicted octanol–water partition coefficient (Wildman–Crippen LogP) is 3.85. The number of rotatable bonds is 6. The number of nitrogens with one attached hydrogen (secondary N) is 1. The molecule has 0 saturated heterocycles. The van der Waals surface area contributed by atoms with Gasteiger partial charge in [-0.2, -0.15) is 0 Å². The lowest BCUT2D eigenvalue weighted by Gasteiger charge is -2.21. The molecule has 2 aromatic rings. The third-order valence-corrected chi connectivity index (χ3v) is 3.65. The maximum atomic E-state index is 4.54. The fraction of sp³-hybridized carbons (Fsp3) is 0.389. The van der Waals surface area contributed by atoms with Crippen LogP contribution in [0.1, 0.15) is 42.3 Å². The monoisotopic (exact) mass is 268 g/mol. The number of hydrogen-bond acceptors (Lipinski definition) is 2. The zero-order chi connectivity index (χ0) is 14.4. The number of benzene rings is 1. The lowest BCUT2D eigenvalue weighted by atomic mass is 9.95.